The summed E-state index contributed by atoms with van der Waals surface area (Å²) in [5.74, 6) is -0.0563. The van der Waals surface area contributed by atoms with E-state index in [1.54, 1.807) is 7.11 Å². The van der Waals surface area contributed by atoms with Gasteiger partial charge >= 0.3 is 5.97 Å². The van der Waals surface area contributed by atoms with Crippen molar-refractivity contribution in [3.63, 3.8) is 0 Å². The maximum atomic E-state index is 12.1. The van der Waals surface area contributed by atoms with Gasteiger partial charge in [0.05, 0.1) is 12.8 Å². The lowest BCUT2D eigenvalue weighted by Crippen LogP contribution is -2.37. The van der Waals surface area contributed by atoms with Crippen LogP contribution in [0.15, 0.2) is 42.6 Å². The second-order valence-electron chi connectivity index (χ2n) is 6.95. The molecule has 27 heavy (non-hydrogen) atoms. The predicted molar refractivity (Wildman–Crippen MR) is 104 cm³/mol. The number of methoxy groups -OCH3 is 1. The Balaban J connectivity index is 1.72. The number of ether oxygens (including phenoxy) is 1. The Kier molecular flexibility index (Phi) is 6.42. The van der Waals surface area contributed by atoms with Crippen LogP contribution in [0.2, 0.25) is 0 Å². The molecule has 1 aliphatic heterocycles. The van der Waals surface area contributed by atoms with Gasteiger partial charge in [-0.2, -0.15) is 0 Å². The zero-order chi connectivity index (χ0) is 19.2. The number of benzene rings is 1. The van der Waals surface area contributed by atoms with Crippen molar-refractivity contribution in [3.05, 3.63) is 59.4 Å². The highest BCUT2D eigenvalue weighted by molar-refractivity contribution is 5.76. The minimum absolute atomic E-state index is 0.634. The first-order valence-electron chi connectivity index (χ1n) is 9.32. The average Bonchev–Trinajstić information content (AvgIpc) is 2.89. The molecule has 2 heterocycles. The van der Waals surface area contributed by atoms with Gasteiger partial charge in [0.15, 0.2) is 0 Å². The van der Waals surface area contributed by atoms with E-state index in [1.807, 2.05) is 49.5 Å². The molecule has 6 heteroatoms. The van der Waals surface area contributed by atoms with E-state index >= 15 is 0 Å². The summed E-state index contributed by atoms with van der Waals surface area (Å²) in [6, 6.07) is 10.9. The molecular weight excluding hydrogens is 342 g/mol. The highest BCUT2D eigenvalue weighted by Gasteiger charge is 2.30. The van der Waals surface area contributed by atoms with Crippen molar-refractivity contribution in [2.75, 3.05) is 33.3 Å². The maximum Gasteiger partial charge on any atom is 0.325 e. The molecule has 1 N–H and O–H groups in total. The van der Waals surface area contributed by atoms with E-state index in [-0.39, 0.29) is 0 Å². The van der Waals surface area contributed by atoms with E-state index in [0.29, 0.717) is 0 Å². The number of pyridine rings is 1. The highest BCUT2D eigenvalue weighted by Crippen LogP contribution is 2.28. The number of aromatic nitrogens is 1. The molecule has 1 unspecified atom stereocenters. The molecule has 3 rings (SSSR count). The summed E-state index contributed by atoms with van der Waals surface area (Å²) in [7, 11) is 1.62. The Bertz CT molecular complexity index is 767. The van der Waals surface area contributed by atoms with Gasteiger partial charge in [-0.25, -0.2) is 0 Å². The molecule has 0 aliphatic carbocycles. The molecule has 0 radical (unpaired) electrons. The van der Waals surface area contributed by atoms with Crippen LogP contribution < -0.4 is 4.74 Å². The van der Waals surface area contributed by atoms with Gasteiger partial charge in [-0.15, -0.1) is 0 Å². The summed E-state index contributed by atoms with van der Waals surface area (Å²) in [6.07, 6.45) is 2.75. The average molecular weight is 369 g/mol. The van der Waals surface area contributed by atoms with Crippen LogP contribution >= 0.6 is 0 Å². The molecule has 6 nitrogen and oxygen atoms in total. The van der Waals surface area contributed by atoms with E-state index in [9.17, 15) is 9.90 Å². The largest absolute Gasteiger partial charge is 0.497 e. The first-order valence-corrected chi connectivity index (χ1v) is 9.32. The lowest BCUT2D eigenvalue weighted by Gasteiger charge is -2.29. The molecule has 1 saturated heterocycles. The van der Waals surface area contributed by atoms with Gasteiger partial charge in [-0.1, -0.05) is 12.1 Å². The van der Waals surface area contributed by atoms with E-state index in [2.05, 4.69) is 14.8 Å². The third-order valence-corrected chi connectivity index (χ3v) is 5.11. The van der Waals surface area contributed by atoms with Crippen LogP contribution in [0.3, 0.4) is 0 Å². The Morgan fingerprint density at radius 3 is 2.74 bits per heavy atom. The zero-order valence-corrected chi connectivity index (χ0v) is 16.0. The van der Waals surface area contributed by atoms with Crippen molar-refractivity contribution < 1.29 is 14.6 Å². The number of hydrogen-bond donors (Lipinski definition) is 1. The van der Waals surface area contributed by atoms with Crippen LogP contribution in [-0.2, 0) is 11.3 Å². The normalized spacial score (nSPS) is 17.3. The molecule has 1 atom stereocenters. The number of aryl methyl sites for hydroxylation is 1. The molecule has 0 amide bonds. The fourth-order valence-corrected chi connectivity index (χ4v) is 3.70. The first-order chi connectivity index (χ1) is 13.1. The summed E-state index contributed by atoms with van der Waals surface area (Å²) in [4.78, 5) is 20.9. The third-order valence-electron chi connectivity index (χ3n) is 5.11. The molecular formula is C21H27N3O3. The second kappa shape index (κ2) is 8.97. The van der Waals surface area contributed by atoms with E-state index in [4.69, 9.17) is 4.74 Å². The monoisotopic (exact) mass is 369 g/mol. The van der Waals surface area contributed by atoms with Crippen molar-refractivity contribution in [2.45, 2.75) is 25.9 Å². The molecule has 144 valence electrons. The Morgan fingerprint density at radius 2 is 2.07 bits per heavy atom. The topological polar surface area (TPSA) is 65.9 Å². The van der Waals surface area contributed by atoms with Crippen LogP contribution in [-0.4, -0.2) is 59.1 Å². The Hall–Kier alpha value is -2.44. The highest BCUT2D eigenvalue weighted by atomic mass is 16.5. The lowest BCUT2D eigenvalue weighted by molar-refractivity contribution is -0.143. The van der Waals surface area contributed by atoms with Gasteiger partial charge in [0.1, 0.15) is 11.8 Å². The van der Waals surface area contributed by atoms with E-state index in [1.165, 1.54) is 0 Å². The molecule has 0 saturated carbocycles. The number of aliphatic carboxylic acids is 1. The number of carbonyl (C=O) groups is 1. The predicted octanol–water partition coefficient (Wildman–Crippen LogP) is 2.73. The molecule has 0 bridgehead atoms. The smallest absolute Gasteiger partial charge is 0.325 e. The summed E-state index contributed by atoms with van der Waals surface area (Å²) >= 11 is 0. The number of rotatable bonds is 6. The van der Waals surface area contributed by atoms with Crippen LogP contribution in [0.1, 0.15) is 29.3 Å². The lowest BCUT2D eigenvalue weighted by atomic mass is 9.99. The third kappa shape index (κ3) is 4.84. The standard InChI is InChI=1S/C21H27N3O3/c1-16-14-18(27-2)7-8-19(16)20(21(25)26)24-11-5-10-23(12-13-24)15-17-6-3-4-9-22-17/h3-4,6-9,14,20H,5,10-13,15H2,1-2H3,(H,25,26). The number of nitrogens with zero attached hydrogens (tertiary/aromatic N) is 3. The Morgan fingerprint density at radius 1 is 1.22 bits per heavy atom. The summed E-state index contributed by atoms with van der Waals surface area (Å²) in [6.45, 7) is 6.00. The van der Waals surface area contributed by atoms with Gasteiger partial charge in [-0.3, -0.25) is 19.6 Å². The fourth-order valence-electron chi connectivity index (χ4n) is 3.70. The SMILES string of the molecule is COc1ccc(C(C(=O)O)N2CCCN(Cc3ccccn3)CC2)c(C)c1. The van der Waals surface area contributed by atoms with Crippen molar-refractivity contribution in [3.8, 4) is 5.75 Å². The van der Waals surface area contributed by atoms with Gasteiger partial charge in [0.2, 0.25) is 0 Å². The van der Waals surface area contributed by atoms with Crippen LogP contribution in [0, 0.1) is 6.92 Å². The van der Waals surface area contributed by atoms with Gasteiger partial charge in [0, 0.05) is 32.4 Å². The molecule has 1 fully saturated rings. The second-order valence-corrected chi connectivity index (χ2v) is 6.95. The minimum atomic E-state index is -0.804. The van der Waals surface area contributed by atoms with Crippen molar-refractivity contribution >= 4 is 5.97 Å². The van der Waals surface area contributed by atoms with Crippen LogP contribution in [0.25, 0.3) is 0 Å². The minimum Gasteiger partial charge on any atom is -0.497 e. The van der Waals surface area contributed by atoms with Crippen molar-refractivity contribution in [2.24, 2.45) is 0 Å². The number of carboxylic acids is 1. The van der Waals surface area contributed by atoms with Crippen molar-refractivity contribution in [1.82, 2.24) is 14.8 Å². The quantitative estimate of drug-likeness (QED) is 0.845. The van der Waals surface area contributed by atoms with Gasteiger partial charge in [0.25, 0.3) is 0 Å². The van der Waals surface area contributed by atoms with Gasteiger partial charge < -0.3 is 9.84 Å². The molecule has 1 aromatic carbocycles. The van der Waals surface area contributed by atoms with Crippen LogP contribution in [0.5, 0.6) is 5.75 Å². The fraction of sp³-hybridized carbons (Fsp3) is 0.429. The summed E-state index contributed by atoms with van der Waals surface area (Å²) in [5, 5.41) is 9.93. The molecule has 1 aliphatic rings. The van der Waals surface area contributed by atoms with Crippen molar-refractivity contribution in [1.29, 1.82) is 0 Å². The van der Waals surface area contributed by atoms with E-state index in [0.717, 1.165) is 61.7 Å². The molecule has 2 aromatic rings. The molecule has 1 aromatic heterocycles. The first kappa shape index (κ1) is 19.3. The Labute approximate surface area is 160 Å². The van der Waals surface area contributed by atoms with E-state index < -0.39 is 12.0 Å². The van der Waals surface area contributed by atoms with Gasteiger partial charge in [-0.05, 0) is 55.3 Å². The number of hydrogen-bond acceptors (Lipinski definition) is 5. The summed E-state index contributed by atoms with van der Waals surface area (Å²) in [5.41, 5.74) is 2.82. The molecule has 0 spiro atoms. The van der Waals surface area contributed by atoms with Crippen LogP contribution in [0.4, 0.5) is 0 Å². The number of carboxylic acid groups (broad SMARTS) is 1. The maximum absolute atomic E-state index is 12.1. The summed E-state index contributed by atoms with van der Waals surface area (Å²) < 4.78 is 5.25. The zero-order valence-electron chi connectivity index (χ0n) is 16.0.